The lowest BCUT2D eigenvalue weighted by atomic mass is 10.1. The standard InChI is InChI=1S/C18H27NO6/c1-10(2)7-17(22)24-11(3)12(4)25-18(23)14(19)8-13-5-6-15(20)16(21)9-13/h5-6,9-12,14,20-21H,7-8,19H2,1-4H3/t11-,12+,14+/m1/s1. The van der Waals surface area contributed by atoms with E-state index >= 15 is 0 Å². The van der Waals surface area contributed by atoms with E-state index in [0.29, 0.717) is 12.0 Å². The second-order valence-corrected chi connectivity index (χ2v) is 6.57. The SMILES string of the molecule is CC(C)CC(=O)O[C@H](C)[C@H](C)OC(=O)[C@@H](N)Cc1ccc(O)c(O)c1. The van der Waals surface area contributed by atoms with Crippen LogP contribution in [0, 0.1) is 5.92 Å². The summed E-state index contributed by atoms with van der Waals surface area (Å²) in [5, 5.41) is 18.7. The average molecular weight is 353 g/mol. The summed E-state index contributed by atoms with van der Waals surface area (Å²) in [6, 6.07) is 3.27. The van der Waals surface area contributed by atoms with Gasteiger partial charge in [0.25, 0.3) is 0 Å². The van der Waals surface area contributed by atoms with Gasteiger partial charge in [0.05, 0.1) is 0 Å². The summed E-state index contributed by atoms with van der Waals surface area (Å²) in [6.45, 7) is 7.11. The molecule has 7 heteroatoms. The van der Waals surface area contributed by atoms with Crippen molar-refractivity contribution in [3.63, 3.8) is 0 Å². The summed E-state index contributed by atoms with van der Waals surface area (Å²) in [4.78, 5) is 23.7. The number of nitrogens with two attached hydrogens (primary N) is 1. The third-order valence-corrected chi connectivity index (χ3v) is 3.65. The topological polar surface area (TPSA) is 119 Å². The molecule has 140 valence electrons. The molecule has 7 nitrogen and oxygen atoms in total. The highest BCUT2D eigenvalue weighted by molar-refractivity contribution is 5.76. The van der Waals surface area contributed by atoms with Crippen molar-refractivity contribution in [1.29, 1.82) is 0 Å². The molecule has 0 heterocycles. The highest BCUT2D eigenvalue weighted by Gasteiger charge is 2.24. The van der Waals surface area contributed by atoms with Crippen molar-refractivity contribution in [1.82, 2.24) is 0 Å². The van der Waals surface area contributed by atoms with E-state index < -0.39 is 24.2 Å². The molecule has 0 bridgehead atoms. The van der Waals surface area contributed by atoms with Gasteiger partial charge in [-0.2, -0.15) is 0 Å². The quantitative estimate of drug-likeness (QED) is 0.482. The lowest BCUT2D eigenvalue weighted by Gasteiger charge is -2.22. The molecule has 0 fully saturated rings. The zero-order valence-corrected chi connectivity index (χ0v) is 15.1. The average Bonchev–Trinajstić information content (AvgIpc) is 2.49. The number of esters is 2. The summed E-state index contributed by atoms with van der Waals surface area (Å²) in [7, 11) is 0. The second-order valence-electron chi connectivity index (χ2n) is 6.57. The summed E-state index contributed by atoms with van der Waals surface area (Å²) in [5.41, 5.74) is 6.41. The Hall–Kier alpha value is -2.28. The van der Waals surface area contributed by atoms with Crippen molar-refractivity contribution < 1.29 is 29.3 Å². The van der Waals surface area contributed by atoms with Crippen LogP contribution in [0.4, 0.5) is 0 Å². The lowest BCUT2D eigenvalue weighted by molar-refractivity contribution is -0.166. The van der Waals surface area contributed by atoms with Gasteiger partial charge < -0.3 is 25.4 Å². The number of aromatic hydroxyl groups is 2. The van der Waals surface area contributed by atoms with Crippen molar-refractivity contribution in [3.8, 4) is 11.5 Å². The maximum atomic E-state index is 12.1. The van der Waals surface area contributed by atoms with Gasteiger partial charge in [0, 0.05) is 6.42 Å². The second kappa shape index (κ2) is 9.27. The fourth-order valence-electron chi connectivity index (χ4n) is 2.08. The minimum Gasteiger partial charge on any atom is -0.504 e. The Balaban J connectivity index is 2.52. The summed E-state index contributed by atoms with van der Waals surface area (Å²) in [5.74, 6) is -1.31. The molecule has 0 spiro atoms. The molecule has 0 amide bonds. The number of hydrogen-bond donors (Lipinski definition) is 3. The van der Waals surface area contributed by atoms with Gasteiger partial charge in [-0.1, -0.05) is 19.9 Å². The molecule has 0 unspecified atom stereocenters. The number of phenols is 2. The third kappa shape index (κ3) is 7.01. The van der Waals surface area contributed by atoms with Crippen LogP contribution in [0.5, 0.6) is 11.5 Å². The van der Waals surface area contributed by atoms with E-state index in [0.717, 1.165) is 0 Å². The van der Waals surface area contributed by atoms with E-state index in [9.17, 15) is 19.8 Å². The van der Waals surface area contributed by atoms with E-state index in [1.165, 1.54) is 12.1 Å². The van der Waals surface area contributed by atoms with Crippen LogP contribution >= 0.6 is 0 Å². The highest BCUT2D eigenvalue weighted by atomic mass is 16.6. The van der Waals surface area contributed by atoms with E-state index in [4.69, 9.17) is 15.2 Å². The van der Waals surface area contributed by atoms with Gasteiger partial charge in [0.2, 0.25) is 0 Å². The van der Waals surface area contributed by atoms with Crippen molar-refractivity contribution in [3.05, 3.63) is 23.8 Å². The Morgan fingerprint density at radius 2 is 1.64 bits per heavy atom. The van der Waals surface area contributed by atoms with Gasteiger partial charge in [0.1, 0.15) is 18.2 Å². The Labute approximate surface area is 147 Å². The largest absolute Gasteiger partial charge is 0.504 e. The van der Waals surface area contributed by atoms with Crippen LogP contribution in [0.3, 0.4) is 0 Å². The van der Waals surface area contributed by atoms with E-state index in [2.05, 4.69) is 0 Å². The summed E-state index contributed by atoms with van der Waals surface area (Å²) < 4.78 is 10.5. The number of carbonyl (C=O) groups is 2. The minimum absolute atomic E-state index is 0.140. The van der Waals surface area contributed by atoms with Crippen LogP contribution in [0.2, 0.25) is 0 Å². The normalized spacial score (nSPS) is 14.6. The predicted octanol–water partition coefficient (Wildman–Crippen LogP) is 1.88. The number of rotatable bonds is 8. The third-order valence-electron chi connectivity index (χ3n) is 3.65. The van der Waals surface area contributed by atoms with Crippen molar-refractivity contribution in [2.75, 3.05) is 0 Å². The van der Waals surface area contributed by atoms with Crippen LogP contribution < -0.4 is 5.73 Å². The van der Waals surface area contributed by atoms with E-state index in [1.54, 1.807) is 19.9 Å². The molecule has 0 saturated heterocycles. The fraction of sp³-hybridized carbons (Fsp3) is 0.556. The molecule has 1 aromatic rings. The predicted molar refractivity (Wildman–Crippen MR) is 92.0 cm³/mol. The maximum Gasteiger partial charge on any atom is 0.323 e. The molecule has 0 aliphatic carbocycles. The molecule has 25 heavy (non-hydrogen) atoms. The first-order valence-corrected chi connectivity index (χ1v) is 8.26. The first-order valence-electron chi connectivity index (χ1n) is 8.26. The maximum absolute atomic E-state index is 12.1. The lowest BCUT2D eigenvalue weighted by Crippen LogP contribution is -2.39. The van der Waals surface area contributed by atoms with Gasteiger partial charge in [-0.3, -0.25) is 9.59 Å². The highest BCUT2D eigenvalue weighted by Crippen LogP contribution is 2.25. The van der Waals surface area contributed by atoms with Gasteiger partial charge >= 0.3 is 11.9 Å². The molecule has 0 saturated carbocycles. The number of benzene rings is 1. The van der Waals surface area contributed by atoms with Gasteiger partial charge in [-0.25, -0.2) is 0 Å². The van der Waals surface area contributed by atoms with E-state index in [1.807, 2.05) is 13.8 Å². The van der Waals surface area contributed by atoms with Crippen LogP contribution in [0.1, 0.15) is 39.7 Å². The zero-order valence-electron chi connectivity index (χ0n) is 15.1. The Morgan fingerprint density at radius 3 is 2.20 bits per heavy atom. The molecule has 3 atom stereocenters. The molecule has 4 N–H and O–H groups in total. The monoisotopic (exact) mass is 353 g/mol. The van der Waals surface area contributed by atoms with Crippen molar-refractivity contribution >= 4 is 11.9 Å². The van der Waals surface area contributed by atoms with Gasteiger partial charge in [0.15, 0.2) is 11.5 Å². The first kappa shape index (κ1) is 20.8. The van der Waals surface area contributed by atoms with Gasteiger partial charge in [-0.15, -0.1) is 0 Å². The Bertz CT molecular complexity index is 601. The van der Waals surface area contributed by atoms with Crippen LogP contribution in [-0.2, 0) is 25.5 Å². The molecule has 0 aromatic heterocycles. The zero-order chi connectivity index (χ0) is 19.1. The number of hydrogen-bond acceptors (Lipinski definition) is 7. The molecule has 0 aliphatic rings. The fourth-order valence-corrected chi connectivity index (χ4v) is 2.08. The van der Waals surface area contributed by atoms with Crippen LogP contribution in [0.15, 0.2) is 18.2 Å². The number of ether oxygens (including phenoxy) is 2. The first-order chi connectivity index (χ1) is 11.6. The van der Waals surface area contributed by atoms with Crippen LogP contribution in [-0.4, -0.2) is 40.4 Å². The van der Waals surface area contributed by atoms with Crippen molar-refractivity contribution in [2.45, 2.75) is 58.8 Å². The number of phenolic OH excluding ortho intramolecular Hbond substituents is 2. The molecule has 1 aromatic carbocycles. The molecular weight excluding hydrogens is 326 g/mol. The van der Waals surface area contributed by atoms with Crippen LogP contribution in [0.25, 0.3) is 0 Å². The van der Waals surface area contributed by atoms with Crippen molar-refractivity contribution in [2.24, 2.45) is 11.7 Å². The number of carbonyl (C=O) groups excluding carboxylic acids is 2. The minimum atomic E-state index is -0.940. The van der Waals surface area contributed by atoms with E-state index in [-0.39, 0.29) is 29.8 Å². The smallest absolute Gasteiger partial charge is 0.323 e. The summed E-state index contributed by atoms with van der Waals surface area (Å²) in [6.07, 6.45) is -0.779. The Kier molecular flexibility index (Phi) is 7.70. The Morgan fingerprint density at radius 1 is 1.04 bits per heavy atom. The molecular formula is C18H27NO6. The summed E-state index contributed by atoms with van der Waals surface area (Å²) >= 11 is 0. The molecule has 1 rings (SSSR count). The molecule has 0 aliphatic heterocycles. The van der Waals surface area contributed by atoms with Gasteiger partial charge in [-0.05, 0) is 43.9 Å². The molecule has 0 radical (unpaired) electrons.